The van der Waals surface area contributed by atoms with E-state index >= 15 is 0 Å². The van der Waals surface area contributed by atoms with Crippen molar-refractivity contribution < 1.29 is 9.90 Å². The molecule has 76 valence electrons. The SMILES string of the molecule is CCCC(=O)c1cc(C)c(O)cc1C. The van der Waals surface area contributed by atoms with Gasteiger partial charge in [-0.05, 0) is 43.5 Å². The minimum absolute atomic E-state index is 0.160. The van der Waals surface area contributed by atoms with Gasteiger partial charge in [0.2, 0.25) is 0 Å². The number of aryl methyl sites for hydroxylation is 2. The molecule has 0 bridgehead atoms. The molecule has 0 amide bonds. The van der Waals surface area contributed by atoms with Crippen molar-refractivity contribution >= 4 is 5.78 Å². The van der Waals surface area contributed by atoms with Crippen LogP contribution in [-0.2, 0) is 0 Å². The van der Waals surface area contributed by atoms with E-state index in [1.54, 1.807) is 19.1 Å². The van der Waals surface area contributed by atoms with E-state index in [1.165, 1.54) is 0 Å². The highest BCUT2D eigenvalue weighted by atomic mass is 16.3. The Morgan fingerprint density at radius 2 is 1.93 bits per heavy atom. The number of ketones is 1. The quantitative estimate of drug-likeness (QED) is 0.747. The summed E-state index contributed by atoms with van der Waals surface area (Å²) in [6.07, 6.45) is 1.43. The second-order valence-corrected chi connectivity index (χ2v) is 3.63. The van der Waals surface area contributed by atoms with Gasteiger partial charge in [0, 0.05) is 12.0 Å². The summed E-state index contributed by atoms with van der Waals surface area (Å²) >= 11 is 0. The third kappa shape index (κ3) is 2.13. The lowest BCUT2D eigenvalue weighted by atomic mass is 9.99. The number of carbonyl (C=O) groups excluding carboxylic acids is 1. The maximum absolute atomic E-state index is 11.6. The Hall–Kier alpha value is -1.31. The number of hydrogen-bond donors (Lipinski definition) is 1. The molecule has 1 aromatic rings. The predicted octanol–water partition coefficient (Wildman–Crippen LogP) is 2.99. The number of Topliss-reactive ketones (excluding diaryl/α,β-unsaturated/α-hetero) is 1. The molecule has 0 unspecified atom stereocenters. The van der Waals surface area contributed by atoms with Gasteiger partial charge >= 0.3 is 0 Å². The van der Waals surface area contributed by atoms with Gasteiger partial charge in [0.1, 0.15) is 5.75 Å². The molecule has 2 nitrogen and oxygen atoms in total. The van der Waals surface area contributed by atoms with Gasteiger partial charge in [0.15, 0.2) is 5.78 Å². The minimum atomic E-state index is 0.160. The Kier molecular flexibility index (Phi) is 3.28. The van der Waals surface area contributed by atoms with Crippen molar-refractivity contribution in [1.29, 1.82) is 0 Å². The number of aromatic hydroxyl groups is 1. The Bertz CT molecular complexity index is 354. The molecule has 0 aliphatic rings. The van der Waals surface area contributed by atoms with Crippen LogP contribution < -0.4 is 0 Å². The van der Waals surface area contributed by atoms with Crippen molar-refractivity contribution in [1.82, 2.24) is 0 Å². The van der Waals surface area contributed by atoms with Crippen LogP contribution in [0.5, 0.6) is 5.75 Å². The lowest BCUT2D eigenvalue weighted by Crippen LogP contribution is -2.01. The first-order valence-corrected chi connectivity index (χ1v) is 4.89. The molecule has 0 radical (unpaired) electrons. The maximum atomic E-state index is 11.6. The zero-order valence-electron chi connectivity index (χ0n) is 8.92. The van der Waals surface area contributed by atoms with E-state index in [1.807, 2.05) is 13.8 Å². The molecule has 0 aliphatic carbocycles. The minimum Gasteiger partial charge on any atom is -0.508 e. The second kappa shape index (κ2) is 4.27. The third-order valence-corrected chi connectivity index (χ3v) is 2.32. The standard InChI is InChI=1S/C12H16O2/c1-4-5-11(13)10-6-9(3)12(14)7-8(10)2/h6-7,14H,4-5H2,1-3H3. The summed E-state index contributed by atoms with van der Waals surface area (Å²) in [6.45, 7) is 5.64. The molecule has 1 aromatic carbocycles. The molecule has 0 aromatic heterocycles. The number of phenols is 1. The summed E-state index contributed by atoms with van der Waals surface area (Å²) in [4.78, 5) is 11.6. The van der Waals surface area contributed by atoms with Gasteiger partial charge in [0.05, 0.1) is 0 Å². The topological polar surface area (TPSA) is 37.3 Å². The van der Waals surface area contributed by atoms with Crippen LogP contribution in [0, 0.1) is 13.8 Å². The van der Waals surface area contributed by atoms with Gasteiger partial charge in [-0.2, -0.15) is 0 Å². The molecule has 14 heavy (non-hydrogen) atoms. The molecule has 2 heteroatoms. The molecule has 1 N–H and O–H groups in total. The number of benzene rings is 1. The molecular weight excluding hydrogens is 176 g/mol. The van der Waals surface area contributed by atoms with Crippen LogP contribution in [0.1, 0.15) is 41.3 Å². The van der Waals surface area contributed by atoms with Crippen molar-refractivity contribution in [3.63, 3.8) is 0 Å². The number of hydrogen-bond acceptors (Lipinski definition) is 2. The lowest BCUT2D eigenvalue weighted by molar-refractivity contribution is 0.0981. The highest BCUT2D eigenvalue weighted by molar-refractivity contribution is 5.97. The van der Waals surface area contributed by atoms with Gasteiger partial charge in [-0.1, -0.05) is 6.92 Å². The fourth-order valence-corrected chi connectivity index (χ4v) is 1.46. The fourth-order valence-electron chi connectivity index (χ4n) is 1.46. The van der Waals surface area contributed by atoms with E-state index in [4.69, 9.17) is 0 Å². The molecular formula is C12H16O2. The first-order valence-electron chi connectivity index (χ1n) is 4.89. The summed E-state index contributed by atoms with van der Waals surface area (Å²) in [6, 6.07) is 3.42. The zero-order chi connectivity index (χ0) is 10.7. The van der Waals surface area contributed by atoms with E-state index in [2.05, 4.69) is 0 Å². The molecule has 0 saturated carbocycles. The Labute approximate surface area is 84.6 Å². The van der Waals surface area contributed by atoms with Crippen molar-refractivity contribution in [2.75, 3.05) is 0 Å². The predicted molar refractivity (Wildman–Crippen MR) is 56.8 cm³/mol. The molecule has 0 heterocycles. The third-order valence-electron chi connectivity index (χ3n) is 2.32. The Morgan fingerprint density at radius 1 is 1.29 bits per heavy atom. The molecule has 1 rings (SSSR count). The summed E-state index contributed by atoms with van der Waals surface area (Å²) < 4.78 is 0. The van der Waals surface area contributed by atoms with Gasteiger partial charge in [-0.15, -0.1) is 0 Å². The van der Waals surface area contributed by atoms with Crippen LogP contribution in [0.4, 0.5) is 0 Å². The van der Waals surface area contributed by atoms with Gasteiger partial charge in [-0.3, -0.25) is 4.79 Å². The number of rotatable bonds is 3. The number of phenolic OH excluding ortho intramolecular Hbond substituents is 1. The second-order valence-electron chi connectivity index (χ2n) is 3.63. The monoisotopic (exact) mass is 192 g/mol. The largest absolute Gasteiger partial charge is 0.508 e. The van der Waals surface area contributed by atoms with Crippen LogP contribution in [0.3, 0.4) is 0 Å². The Balaban J connectivity index is 3.09. The van der Waals surface area contributed by atoms with Crippen LogP contribution in [-0.4, -0.2) is 10.9 Å². The van der Waals surface area contributed by atoms with Crippen molar-refractivity contribution in [3.8, 4) is 5.75 Å². The Morgan fingerprint density at radius 3 is 2.50 bits per heavy atom. The van der Waals surface area contributed by atoms with Crippen LogP contribution in [0.15, 0.2) is 12.1 Å². The van der Waals surface area contributed by atoms with E-state index in [9.17, 15) is 9.90 Å². The van der Waals surface area contributed by atoms with Gasteiger partial charge < -0.3 is 5.11 Å². The van der Waals surface area contributed by atoms with Crippen LogP contribution >= 0.6 is 0 Å². The van der Waals surface area contributed by atoms with Crippen molar-refractivity contribution in [2.24, 2.45) is 0 Å². The first kappa shape index (κ1) is 10.8. The van der Waals surface area contributed by atoms with E-state index in [0.29, 0.717) is 6.42 Å². The molecule has 0 fully saturated rings. The first-order chi connectivity index (χ1) is 6.56. The normalized spacial score (nSPS) is 10.2. The highest BCUT2D eigenvalue weighted by Crippen LogP contribution is 2.22. The van der Waals surface area contributed by atoms with Gasteiger partial charge in [0.25, 0.3) is 0 Å². The van der Waals surface area contributed by atoms with E-state index < -0.39 is 0 Å². The average molecular weight is 192 g/mol. The average Bonchev–Trinajstić information content (AvgIpc) is 2.11. The summed E-state index contributed by atoms with van der Waals surface area (Å²) in [5.74, 6) is 0.420. The summed E-state index contributed by atoms with van der Waals surface area (Å²) in [7, 11) is 0. The smallest absolute Gasteiger partial charge is 0.163 e. The fraction of sp³-hybridized carbons (Fsp3) is 0.417. The van der Waals surface area contributed by atoms with Gasteiger partial charge in [-0.25, -0.2) is 0 Å². The van der Waals surface area contributed by atoms with Crippen LogP contribution in [0.25, 0.3) is 0 Å². The zero-order valence-corrected chi connectivity index (χ0v) is 8.92. The summed E-state index contributed by atoms with van der Waals surface area (Å²) in [5, 5.41) is 9.42. The molecule has 0 saturated heterocycles. The summed E-state index contributed by atoms with van der Waals surface area (Å²) in [5.41, 5.74) is 2.35. The molecule has 0 spiro atoms. The number of carbonyl (C=O) groups is 1. The van der Waals surface area contributed by atoms with Crippen LogP contribution in [0.2, 0.25) is 0 Å². The van der Waals surface area contributed by atoms with E-state index in [0.717, 1.165) is 23.1 Å². The van der Waals surface area contributed by atoms with Crippen molar-refractivity contribution in [3.05, 3.63) is 28.8 Å². The lowest BCUT2D eigenvalue weighted by Gasteiger charge is -2.07. The highest BCUT2D eigenvalue weighted by Gasteiger charge is 2.10. The molecule has 0 atom stereocenters. The van der Waals surface area contributed by atoms with E-state index in [-0.39, 0.29) is 11.5 Å². The maximum Gasteiger partial charge on any atom is 0.163 e. The van der Waals surface area contributed by atoms with Crippen molar-refractivity contribution in [2.45, 2.75) is 33.6 Å². The molecule has 0 aliphatic heterocycles.